The van der Waals surface area contributed by atoms with E-state index in [1.165, 1.54) is 12.2 Å². The molecule has 0 aromatic carbocycles. The van der Waals surface area contributed by atoms with Crippen LogP contribution in [0.1, 0.15) is 12.8 Å². The smallest absolute Gasteiger partial charge is 0.150 e. The quantitative estimate of drug-likeness (QED) is 0.688. The highest BCUT2D eigenvalue weighted by atomic mass is 32.2. The van der Waals surface area contributed by atoms with Crippen LogP contribution in [0.5, 0.6) is 0 Å². The minimum atomic E-state index is 0.334. The molecule has 1 rings (SSSR count). The summed E-state index contributed by atoms with van der Waals surface area (Å²) in [5.41, 5.74) is 0. The second-order valence-electron chi connectivity index (χ2n) is 2.91. The van der Waals surface area contributed by atoms with E-state index in [9.17, 15) is 4.79 Å². The van der Waals surface area contributed by atoms with E-state index in [2.05, 4.69) is 5.32 Å². The highest BCUT2D eigenvalue weighted by Crippen LogP contribution is 2.22. The van der Waals surface area contributed by atoms with Crippen molar-refractivity contribution in [2.24, 2.45) is 5.92 Å². The van der Waals surface area contributed by atoms with Gasteiger partial charge < -0.3 is 5.32 Å². The Balaban J connectivity index is 2.27. The SMILES string of the molecule is CNCC(=O)C1CCCSC1. The van der Waals surface area contributed by atoms with Gasteiger partial charge in [-0.3, -0.25) is 4.79 Å². The molecule has 1 atom stereocenters. The maximum absolute atomic E-state index is 11.3. The fourth-order valence-electron chi connectivity index (χ4n) is 1.31. The van der Waals surface area contributed by atoms with E-state index in [0.29, 0.717) is 18.2 Å². The molecule has 1 aliphatic rings. The van der Waals surface area contributed by atoms with Crippen LogP contribution in [0.3, 0.4) is 0 Å². The molecule has 2 nitrogen and oxygen atoms in total. The average molecular weight is 173 g/mol. The zero-order chi connectivity index (χ0) is 8.10. The van der Waals surface area contributed by atoms with Crippen molar-refractivity contribution >= 4 is 17.5 Å². The Hall–Kier alpha value is -0.0200. The Morgan fingerprint density at radius 3 is 3.09 bits per heavy atom. The summed E-state index contributed by atoms with van der Waals surface area (Å²) in [5, 5.41) is 2.91. The maximum atomic E-state index is 11.3. The van der Waals surface area contributed by atoms with Gasteiger partial charge in [0.25, 0.3) is 0 Å². The minimum Gasteiger partial charge on any atom is -0.313 e. The standard InChI is InChI=1S/C8H15NOS/c1-9-5-8(10)7-3-2-4-11-6-7/h7,9H,2-6H2,1H3. The van der Waals surface area contributed by atoms with E-state index in [4.69, 9.17) is 0 Å². The summed E-state index contributed by atoms with van der Waals surface area (Å²) in [7, 11) is 1.83. The van der Waals surface area contributed by atoms with Crippen molar-refractivity contribution in [1.82, 2.24) is 5.32 Å². The van der Waals surface area contributed by atoms with E-state index in [-0.39, 0.29) is 0 Å². The number of rotatable bonds is 3. The van der Waals surface area contributed by atoms with Crippen molar-refractivity contribution in [2.75, 3.05) is 25.1 Å². The second kappa shape index (κ2) is 4.78. The molecule has 1 aliphatic heterocycles. The van der Waals surface area contributed by atoms with Gasteiger partial charge in [0.05, 0.1) is 6.54 Å². The third kappa shape index (κ3) is 2.83. The summed E-state index contributed by atoms with van der Waals surface area (Å²) < 4.78 is 0. The molecule has 0 aliphatic carbocycles. The van der Waals surface area contributed by atoms with Crippen molar-refractivity contribution in [1.29, 1.82) is 0 Å². The van der Waals surface area contributed by atoms with E-state index in [1.807, 2.05) is 18.8 Å². The van der Waals surface area contributed by atoms with Crippen LogP contribution in [0, 0.1) is 5.92 Å². The Labute approximate surface area is 72.1 Å². The highest BCUT2D eigenvalue weighted by Gasteiger charge is 2.19. The van der Waals surface area contributed by atoms with Crippen molar-refractivity contribution in [3.63, 3.8) is 0 Å². The number of carbonyl (C=O) groups is 1. The van der Waals surface area contributed by atoms with Crippen LogP contribution in [0.25, 0.3) is 0 Å². The first-order valence-electron chi connectivity index (χ1n) is 4.09. The summed E-state index contributed by atoms with van der Waals surface area (Å²) in [6.45, 7) is 0.547. The van der Waals surface area contributed by atoms with Gasteiger partial charge >= 0.3 is 0 Å². The number of carbonyl (C=O) groups excluding carboxylic acids is 1. The predicted octanol–water partition coefficient (Wildman–Crippen LogP) is 0.918. The van der Waals surface area contributed by atoms with Gasteiger partial charge in [-0.2, -0.15) is 11.8 Å². The molecular formula is C8H15NOS. The second-order valence-corrected chi connectivity index (χ2v) is 4.06. The Kier molecular flexibility index (Phi) is 3.94. The fourth-order valence-corrected chi connectivity index (χ4v) is 2.49. The fraction of sp³-hybridized carbons (Fsp3) is 0.875. The molecular weight excluding hydrogens is 158 g/mol. The Morgan fingerprint density at radius 1 is 1.73 bits per heavy atom. The topological polar surface area (TPSA) is 29.1 Å². The molecule has 11 heavy (non-hydrogen) atoms. The largest absolute Gasteiger partial charge is 0.313 e. The summed E-state index contributed by atoms with van der Waals surface area (Å²) in [4.78, 5) is 11.3. The average Bonchev–Trinajstić information content (AvgIpc) is 2.07. The first kappa shape index (κ1) is 9.07. The van der Waals surface area contributed by atoms with E-state index in [1.54, 1.807) is 0 Å². The Morgan fingerprint density at radius 2 is 2.55 bits per heavy atom. The molecule has 0 aromatic rings. The molecule has 0 amide bonds. The number of hydrogen-bond acceptors (Lipinski definition) is 3. The van der Waals surface area contributed by atoms with Gasteiger partial charge in [-0.25, -0.2) is 0 Å². The zero-order valence-electron chi connectivity index (χ0n) is 6.93. The molecule has 0 aromatic heterocycles. The van der Waals surface area contributed by atoms with Crippen molar-refractivity contribution in [3.05, 3.63) is 0 Å². The molecule has 1 unspecified atom stereocenters. The molecule has 0 saturated carbocycles. The van der Waals surface area contributed by atoms with Crippen LogP contribution in [-0.4, -0.2) is 30.9 Å². The van der Waals surface area contributed by atoms with Gasteiger partial charge in [-0.05, 0) is 25.6 Å². The van der Waals surface area contributed by atoms with Crippen LogP contribution >= 0.6 is 11.8 Å². The zero-order valence-corrected chi connectivity index (χ0v) is 7.75. The number of hydrogen-bond donors (Lipinski definition) is 1. The van der Waals surface area contributed by atoms with Crippen LogP contribution in [-0.2, 0) is 4.79 Å². The van der Waals surface area contributed by atoms with Gasteiger partial charge in [0.1, 0.15) is 5.78 Å². The van der Waals surface area contributed by atoms with Crippen molar-refractivity contribution < 1.29 is 4.79 Å². The maximum Gasteiger partial charge on any atom is 0.150 e. The molecule has 0 spiro atoms. The lowest BCUT2D eigenvalue weighted by atomic mass is 10.0. The number of nitrogens with one attached hydrogen (secondary N) is 1. The third-order valence-corrected chi connectivity index (χ3v) is 3.18. The van der Waals surface area contributed by atoms with Crippen LogP contribution < -0.4 is 5.32 Å². The summed E-state index contributed by atoms with van der Waals surface area (Å²) in [5.74, 6) is 3.00. The molecule has 1 heterocycles. The molecule has 0 radical (unpaired) electrons. The monoisotopic (exact) mass is 173 g/mol. The number of ketones is 1. The number of likely N-dealkylation sites (N-methyl/N-ethyl adjacent to an activating group) is 1. The lowest BCUT2D eigenvalue weighted by Crippen LogP contribution is -2.29. The van der Waals surface area contributed by atoms with Gasteiger partial charge in [0, 0.05) is 11.7 Å². The van der Waals surface area contributed by atoms with Crippen molar-refractivity contribution in [2.45, 2.75) is 12.8 Å². The highest BCUT2D eigenvalue weighted by molar-refractivity contribution is 7.99. The van der Waals surface area contributed by atoms with E-state index >= 15 is 0 Å². The van der Waals surface area contributed by atoms with E-state index < -0.39 is 0 Å². The van der Waals surface area contributed by atoms with E-state index in [0.717, 1.165) is 12.2 Å². The summed E-state index contributed by atoms with van der Waals surface area (Å²) in [6.07, 6.45) is 2.32. The number of Topliss-reactive ketones (excluding diaryl/α,β-unsaturated/α-hetero) is 1. The predicted molar refractivity (Wildman–Crippen MR) is 49.0 cm³/mol. The lowest BCUT2D eigenvalue weighted by Gasteiger charge is -2.19. The summed E-state index contributed by atoms with van der Waals surface area (Å²) in [6, 6.07) is 0. The van der Waals surface area contributed by atoms with Crippen LogP contribution in [0.4, 0.5) is 0 Å². The number of thioether (sulfide) groups is 1. The molecule has 3 heteroatoms. The molecule has 64 valence electrons. The van der Waals surface area contributed by atoms with Crippen LogP contribution in [0.2, 0.25) is 0 Å². The first-order valence-corrected chi connectivity index (χ1v) is 5.25. The lowest BCUT2D eigenvalue weighted by molar-refractivity contribution is -0.121. The Bertz CT molecular complexity index is 132. The summed E-state index contributed by atoms with van der Waals surface area (Å²) >= 11 is 1.91. The molecule has 1 saturated heterocycles. The molecule has 0 bridgehead atoms. The third-order valence-electron chi connectivity index (χ3n) is 1.97. The first-order chi connectivity index (χ1) is 5.34. The molecule has 1 fully saturated rings. The molecule has 1 N–H and O–H groups in total. The van der Waals surface area contributed by atoms with Gasteiger partial charge in [0.15, 0.2) is 0 Å². The van der Waals surface area contributed by atoms with Gasteiger partial charge in [-0.15, -0.1) is 0 Å². The van der Waals surface area contributed by atoms with Crippen molar-refractivity contribution in [3.8, 4) is 0 Å². The van der Waals surface area contributed by atoms with Gasteiger partial charge in [0.2, 0.25) is 0 Å². The van der Waals surface area contributed by atoms with Gasteiger partial charge in [-0.1, -0.05) is 0 Å². The van der Waals surface area contributed by atoms with Crippen LogP contribution in [0.15, 0.2) is 0 Å². The normalized spacial score (nSPS) is 25.0. The minimum absolute atomic E-state index is 0.334.